The van der Waals surface area contributed by atoms with E-state index in [9.17, 15) is 14.4 Å². The molecule has 234 valence electrons. The Hall–Kier alpha value is -4.26. The summed E-state index contributed by atoms with van der Waals surface area (Å²) in [6, 6.07) is 12.3. The van der Waals surface area contributed by atoms with Gasteiger partial charge < -0.3 is 20.0 Å². The number of rotatable bonds is 5. The van der Waals surface area contributed by atoms with Crippen molar-refractivity contribution in [2.24, 2.45) is 5.41 Å². The van der Waals surface area contributed by atoms with Gasteiger partial charge in [-0.15, -0.1) is 0 Å². The molecule has 3 aliphatic rings. The molecule has 45 heavy (non-hydrogen) atoms. The number of benzene rings is 2. The summed E-state index contributed by atoms with van der Waals surface area (Å²) in [6.45, 7) is 8.10. The first kappa shape index (κ1) is 30.8. The number of para-hydroxylation sites is 2. The lowest BCUT2D eigenvalue weighted by atomic mass is 9.85. The minimum atomic E-state index is -0.766. The summed E-state index contributed by atoms with van der Waals surface area (Å²) in [5, 5.41) is 10.3. The number of fused-ring (bicyclic) bond motifs is 2. The van der Waals surface area contributed by atoms with Gasteiger partial charge in [-0.25, -0.2) is 15.0 Å². The number of aryl methyl sites for hydroxylation is 1. The maximum absolute atomic E-state index is 13.9. The van der Waals surface area contributed by atoms with Gasteiger partial charge in [0.05, 0.1) is 24.1 Å². The molecule has 0 bridgehead atoms. The van der Waals surface area contributed by atoms with Crippen LogP contribution in [0.25, 0.3) is 0 Å². The molecular weight excluding hydrogens is 588 g/mol. The molecule has 1 aromatic heterocycles. The maximum Gasteiger partial charge on any atom is 0.337 e. The number of carbonyl (C=O) groups excluding carboxylic acids is 3. The molecule has 6 rings (SSSR count). The molecule has 2 aromatic carbocycles. The molecule has 0 aliphatic carbocycles. The van der Waals surface area contributed by atoms with Crippen LogP contribution in [0.4, 0.5) is 22.0 Å². The fourth-order valence-corrected chi connectivity index (χ4v) is 6.69. The largest absolute Gasteiger partial charge is 0.337 e. The summed E-state index contributed by atoms with van der Waals surface area (Å²) in [7, 11) is 1.95. The Morgan fingerprint density at radius 1 is 1.13 bits per heavy atom. The summed E-state index contributed by atoms with van der Waals surface area (Å²) >= 11 is 5.76. The van der Waals surface area contributed by atoms with Gasteiger partial charge in [-0.05, 0) is 42.3 Å². The van der Waals surface area contributed by atoms with Gasteiger partial charge in [0, 0.05) is 54.5 Å². The summed E-state index contributed by atoms with van der Waals surface area (Å²) in [6.07, 6.45) is 3.26. The van der Waals surface area contributed by atoms with E-state index in [1.807, 2.05) is 69.1 Å². The number of amides is 3. The Morgan fingerprint density at radius 3 is 2.69 bits per heavy atom. The second-order valence-electron chi connectivity index (χ2n) is 12.6. The molecule has 2 saturated heterocycles. The Morgan fingerprint density at radius 2 is 1.91 bits per heavy atom. The van der Waals surface area contributed by atoms with Crippen molar-refractivity contribution in [2.75, 3.05) is 36.5 Å². The lowest BCUT2D eigenvalue weighted by Crippen LogP contribution is -2.50. The number of ketones is 1. The molecule has 11 nitrogen and oxygen atoms in total. The smallest absolute Gasteiger partial charge is 0.334 e. The zero-order valence-corrected chi connectivity index (χ0v) is 26.9. The number of H-pyrrole nitrogens is 1. The summed E-state index contributed by atoms with van der Waals surface area (Å²) in [4.78, 5) is 47.1. The molecule has 0 radical (unpaired) electrons. The lowest BCUT2D eigenvalue weighted by molar-refractivity contribution is -0.119. The Balaban J connectivity index is 1.17. The highest BCUT2D eigenvalue weighted by Crippen LogP contribution is 2.39. The van der Waals surface area contributed by atoms with Crippen molar-refractivity contribution in [3.63, 3.8) is 0 Å². The van der Waals surface area contributed by atoms with E-state index in [4.69, 9.17) is 12.2 Å². The fraction of sp³-hybridized carbons (Fsp3) is 0.394. The number of likely N-dealkylation sites (tertiary alicyclic amines) is 1. The average Bonchev–Trinajstić information content (AvgIpc) is 3.41. The van der Waals surface area contributed by atoms with Crippen LogP contribution in [0, 0.1) is 18.3 Å². The van der Waals surface area contributed by atoms with Gasteiger partial charge in [-0.3, -0.25) is 15.3 Å². The standard InChI is InChI=1S/C33H38N8O3S/c1-20-14-21(31(43)40-18-24-17-37-38-30(24)39(4)25-9-5-6-10-26(25)40)11-12-22(20)15-34-32(44)41-19-33(2,3)29(45)27(41)28(42)23-8-7-13-35-36-16-23/h5-6,9-12,14,17,27,35-36H,7-8,13,15-16,18-19H2,1-4H3,(H-,34,37,38,44)/p+1/t27-/m1/s1. The van der Waals surface area contributed by atoms with Crippen molar-refractivity contribution in [3.05, 3.63) is 76.8 Å². The highest BCUT2D eigenvalue weighted by atomic mass is 32.1. The molecule has 12 heteroatoms. The van der Waals surface area contributed by atoms with Gasteiger partial charge >= 0.3 is 11.8 Å². The second-order valence-corrected chi connectivity index (χ2v) is 13.1. The van der Waals surface area contributed by atoms with E-state index in [0.29, 0.717) is 36.5 Å². The predicted octanol–water partition coefficient (Wildman–Crippen LogP) is 3.97. The van der Waals surface area contributed by atoms with Gasteiger partial charge in [0.1, 0.15) is 12.2 Å². The van der Waals surface area contributed by atoms with Crippen molar-refractivity contribution in [3.8, 4) is 0 Å². The number of urea groups is 1. The highest BCUT2D eigenvalue weighted by Gasteiger charge is 2.53. The van der Waals surface area contributed by atoms with Crippen LogP contribution in [0.2, 0.25) is 0 Å². The van der Waals surface area contributed by atoms with Crippen LogP contribution in [0.5, 0.6) is 0 Å². The topological polar surface area (TPSA) is 126 Å². The van der Waals surface area contributed by atoms with Crippen molar-refractivity contribution in [2.45, 2.75) is 52.7 Å². The molecule has 0 spiro atoms. The molecule has 0 saturated carbocycles. The minimum Gasteiger partial charge on any atom is -0.334 e. The average molecular weight is 628 g/mol. The van der Waals surface area contributed by atoms with Gasteiger partial charge in [-0.2, -0.15) is 5.10 Å². The molecule has 3 aromatic rings. The third kappa shape index (κ3) is 5.81. The summed E-state index contributed by atoms with van der Waals surface area (Å²) in [5.41, 5.74) is 10.7. The number of Topliss-reactive ketones (excluding diaryl/α,β-unsaturated/α-hetero) is 1. The number of aromatic amines is 1. The van der Waals surface area contributed by atoms with E-state index in [1.54, 1.807) is 22.1 Å². The van der Waals surface area contributed by atoms with Crippen LogP contribution in [-0.2, 0) is 17.9 Å². The van der Waals surface area contributed by atoms with Crippen LogP contribution in [0.3, 0.4) is 0 Å². The first-order valence-electron chi connectivity index (χ1n) is 15.3. The Bertz CT molecular complexity index is 1640. The fourth-order valence-electron chi connectivity index (χ4n) is 6.40. The molecule has 3 aliphatic heterocycles. The molecule has 4 N–H and O–H groups in total. The van der Waals surface area contributed by atoms with Gasteiger partial charge in [0.15, 0.2) is 18.5 Å². The second kappa shape index (κ2) is 12.3. The van der Waals surface area contributed by atoms with E-state index in [-0.39, 0.29) is 24.3 Å². The normalized spacial score (nSPS) is 19.5. The molecular formula is C33H39N8O3S+. The summed E-state index contributed by atoms with van der Waals surface area (Å²) in [5.74, 6) is 1.40. The van der Waals surface area contributed by atoms with Gasteiger partial charge in [0.25, 0.3) is 5.91 Å². The van der Waals surface area contributed by atoms with Gasteiger partial charge in [0.2, 0.25) is 0 Å². The van der Waals surface area contributed by atoms with Crippen molar-refractivity contribution < 1.29 is 14.4 Å². The first-order chi connectivity index (χ1) is 21.6. The zero-order valence-electron chi connectivity index (χ0n) is 26.1. The van der Waals surface area contributed by atoms with E-state index in [1.165, 1.54) is 0 Å². The SMILES string of the molecule is Cc1cc(C(=O)N2Cc3cn[nH]c3N(C)c3ccccc32)ccc1CNC(=O)N1CC(C)(C)C(=S)[C@H]1C(=O)[C+]1CCCNNC1. The number of nitrogens with zero attached hydrogens (tertiary/aromatic N) is 4. The minimum absolute atomic E-state index is 0.0835. The monoisotopic (exact) mass is 627 g/mol. The van der Waals surface area contributed by atoms with E-state index in [2.05, 4.69) is 26.4 Å². The number of hydrazine groups is 1. The predicted molar refractivity (Wildman–Crippen MR) is 177 cm³/mol. The molecule has 4 heterocycles. The number of aromatic nitrogens is 2. The van der Waals surface area contributed by atoms with Crippen molar-refractivity contribution in [1.82, 2.24) is 31.3 Å². The number of hydrogen-bond acceptors (Lipinski definition) is 8. The third-order valence-corrected chi connectivity index (χ3v) is 9.79. The number of nitrogens with one attached hydrogen (secondary N) is 4. The first-order valence-corrected chi connectivity index (χ1v) is 15.7. The van der Waals surface area contributed by atoms with Crippen LogP contribution in [0.15, 0.2) is 48.7 Å². The van der Waals surface area contributed by atoms with E-state index in [0.717, 1.165) is 52.8 Å². The third-order valence-electron chi connectivity index (χ3n) is 9.01. The quantitative estimate of drug-likeness (QED) is 0.248. The molecule has 3 amide bonds. The van der Waals surface area contributed by atoms with Crippen LogP contribution >= 0.6 is 12.2 Å². The summed E-state index contributed by atoms with van der Waals surface area (Å²) < 4.78 is 0. The maximum atomic E-state index is 13.9. The van der Waals surface area contributed by atoms with Crippen molar-refractivity contribution in [1.29, 1.82) is 0 Å². The van der Waals surface area contributed by atoms with Gasteiger partial charge in [-0.1, -0.05) is 44.3 Å². The Labute approximate surface area is 268 Å². The molecule has 1 atom stereocenters. The van der Waals surface area contributed by atoms with E-state index < -0.39 is 11.5 Å². The lowest BCUT2D eigenvalue weighted by Gasteiger charge is -2.25. The number of anilines is 3. The van der Waals surface area contributed by atoms with Crippen LogP contribution in [0.1, 0.15) is 53.7 Å². The van der Waals surface area contributed by atoms with Crippen LogP contribution < -0.4 is 26.0 Å². The highest BCUT2D eigenvalue weighted by molar-refractivity contribution is 7.80. The zero-order chi connectivity index (χ0) is 31.9. The number of carbonyl (C=O) groups is 3. The number of hydrogen-bond donors (Lipinski definition) is 4. The molecule has 0 unspecified atom stereocenters. The van der Waals surface area contributed by atoms with E-state index >= 15 is 0 Å². The van der Waals surface area contributed by atoms with Crippen molar-refractivity contribution >= 4 is 52.0 Å². The Kier molecular flexibility index (Phi) is 8.38. The molecule has 2 fully saturated rings. The van der Waals surface area contributed by atoms with Crippen LogP contribution in [-0.4, -0.2) is 70.4 Å². The number of thiocarbonyl (C=S) groups is 1.